The molecule has 0 saturated heterocycles. The van der Waals surface area contributed by atoms with Crippen molar-refractivity contribution in [1.29, 1.82) is 0 Å². The Morgan fingerprint density at radius 3 is 2.71 bits per heavy atom. The molecule has 0 saturated carbocycles. The van der Waals surface area contributed by atoms with Gasteiger partial charge >= 0.3 is 0 Å². The zero-order valence-corrected chi connectivity index (χ0v) is 12.3. The highest BCUT2D eigenvalue weighted by atomic mass is 79.9. The molecule has 0 spiro atoms. The van der Waals surface area contributed by atoms with E-state index in [2.05, 4.69) is 61.8 Å². The van der Waals surface area contributed by atoms with Crippen molar-refractivity contribution in [3.05, 3.63) is 39.4 Å². The first-order valence-corrected chi connectivity index (χ1v) is 6.89. The Morgan fingerprint density at radius 1 is 1.29 bits per heavy atom. The molecule has 0 bridgehead atoms. The van der Waals surface area contributed by atoms with Gasteiger partial charge in [-0.2, -0.15) is 0 Å². The van der Waals surface area contributed by atoms with Crippen LogP contribution in [0.4, 0.5) is 0 Å². The van der Waals surface area contributed by atoms with Gasteiger partial charge in [0.15, 0.2) is 0 Å². The molecule has 2 heteroatoms. The second-order valence-electron chi connectivity index (χ2n) is 5.55. The van der Waals surface area contributed by atoms with Gasteiger partial charge in [0.1, 0.15) is 11.9 Å². The van der Waals surface area contributed by atoms with E-state index in [0.29, 0.717) is 5.92 Å². The van der Waals surface area contributed by atoms with Crippen molar-refractivity contribution in [3.63, 3.8) is 0 Å². The van der Waals surface area contributed by atoms with Crippen LogP contribution < -0.4 is 4.74 Å². The van der Waals surface area contributed by atoms with Crippen LogP contribution in [0.25, 0.3) is 0 Å². The maximum absolute atomic E-state index is 6.11. The van der Waals surface area contributed by atoms with E-state index in [9.17, 15) is 0 Å². The fraction of sp³-hybridized carbons (Fsp3) is 0.467. The molecule has 3 rings (SSSR count). The molecule has 0 aromatic heterocycles. The largest absolute Gasteiger partial charge is 0.485 e. The van der Waals surface area contributed by atoms with Crippen LogP contribution in [0.2, 0.25) is 0 Å². The van der Waals surface area contributed by atoms with Crippen LogP contribution in [-0.2, 0) is 5.41 Å². The molecule has 1 aliphatic heterocycles. The Hall–Kier alpha value is -0.760. The molecule has 0 fully saturated rings. The molecule has 90 valence electrons. The van der Waals surface area contributed by atoms with E-state index in [1.54, 1.807) is 0 Å². The fourth-order valence-electron chi connectivity index (χ4n) is 3.13. The summed E-state index contributed by atoms with van der Waals surface area (Å²) in [6.45, 7) is 8.94. The number of rotatable bonds is 0. The Balaban J connectivity index is 2.19. The first-order chi connectivity index (χ1) is 7.94. The van der Waals surface area contributed by atoms with Crippen LogP contribution >= 0.6 is 15.9 Å². The topological polar surface area (TPSA) is 9.23 Å². The van der Waals surface area contributed by atoms with Gasteiger partial charge in [0.05, 0.1) is 0 Å². The number of ether oxygens (including phenoxy) is 1. The SMILES string of the molecule is CC1=CC2Oc3cc(C)c(Br)cc3C2(C)C1C. The number of halogens is 1. The zero-order chi connectivity index (χ0) is 12.4. The fourth-order valence-corrected chi connectivity index (χ4v) is 3.47. The highest BCUT2D eigenvalue weighted by Gasteiger charge is 2.52. The predicted octanol–water partition coefficient (Wildman–Crippen LogP) is 4.37. The van der Waals surface area contributed by atoms with Gasteiger partial charge in [-0.15, -0.1) is 0 Å². The molecule has 1 aromatic carbocycles. The third-order valence-electron chi connectivity index (χ3n) is 4.68. The summed E-state index contributed by atoms with van der Waals surface area (Å²) < 4.78 is 7.29. The minimum Gasteiger partial charge on any atom is -0.485 e. The summed E-state index contributed by atoms with van der Waals surface area (Å²) in [5.74, 6) is 1.61. The lowest BCUT2D eigenvalue weighted by Gasteiger charge is -2.29. The number of aryl methyl sites for hydroxylation is 1. The van der Waals surface area contributed by atoms with Crippen LogP contribution in [0.15, 0.2) is 28.3 Å². The van der Waals surface area contributed by atoms with Crippen LogP contribution in [-0.4, -0.2) is 6.10 Å². The minimum absolute atomic E-state index is 0.107. The lowest BCUT2D eigenvalue weighted by Crippen LogP contribution is -2.35. The predicted molar refractivity (Wildman–Crippen MR) is 73.6 cm³/mol. The smallest absolute Gasteiger partial charge is 0.127 e. The van der Waals surface area contributed by atoms with Gasteiger partial charge in [-0.05, 0) is 43.5 Å². The summed E-state index contributed by atoms with van der Waals surface area (Å²) in [4.78, 5) is 0. The molecule has 1 aromatic rings. The molecular weight excluding hydrogens is 276 g/mol. The zero-order valence-electron chi connectivity index (χ0n) is 10.7. The molecule has 3 atom stereocenters. The molecule has 0 amide bonds. The van der Waals surface area contributed by atoms with Gasteiger partial charge < -0.3 is 4.74 Å². The lowest BCUT2D eigenvalue weighted by atomic mass is 9.72. The van der Waals surface area contributed by atoms with Crippen molar-refractivity contribution < 1.29 is 4.74 Å². The highest BCUT2D eigenvalue weighted by molar-refractivity contribution is 9.10. The average molecular weight is 293 g/mol. The van der Waals surface area contributed by atoms with E-state index in [0.717, 1.165) is 5.75 Å². The Bertz CT molecular complexity index is 532. The maximum atomic E-state index is 6.11. The van der Waals surface area contributed by atoms with E-state index in [-0.39, 0.29) is 11.5 Å². The normalized spacial score (nSPS) is 34.1. The van der Waals surface area contributed by atoms with Crippen molar-refractivity contribution in [2.75, 3.05) is 0 Å². The minimum atomic E-state index is 0.107. The van der Waals surface area contributed by atoms with Gasteiger partial charge in [0.25, 0.3) is 0 Å². The first kappa shape index (κ1) is 11.3. The van der Waals surface area contributed by atoms with Crippen molar-refractivity contribution in [1.82, 2.24) is 0 Å². The second kappa shape index (κ2) is 3.38. The van der Waals surface area contributed by atoms with E-state index in [1.807, 2.05) is 0 Å². The molecular formula is C15H17BrO. The summed E-state index contributed by atoms with van der Waals surface area (Å²) in [7, 11) is 0. The van der Waals surface area contributed by atoms with Gasteiger partial charge in [0.2, 0.25) is 0 Å². The molecule has 3 unspecified atom stereocenters. The van der Waals surface area contributed by atoms with Crippen LogP contribution in [0, 0.1) is 12.8 Å². The highest BCUT2D eigenvalue weighted by Crippen LogP contribution is 2.54. The summed E-state index contributed by atoms with van der Waals surface area (Å²) >= 11 is 3.63. The van der Waals surface area contributed by atoms with Crippen LogP contribution in [0.5, 0.6) is 5.75 Å². The molecule has 1 aliphatic carbocycles. The van der Waals surface area contributed by atoms with E-state index in [4.69, 9.17) is 4.74 Å². The summed E-state index contributed by atoms with van der Waals surface area (Å²) in [6.07, 6.45) is 2.50. The van der Waals surface area contributed by atoms with Crippen molar-refractivity contribution >= 4 is 15.9 Å². The number of hydrogen-bond donors (Lipinski definition) is 0. The molecule has 0 N–H and O–H groups in total. The molecule has 1 nitrogen and oxygen atoms in total. The Labute approximate surface area is 111 Å². The maximum Gasteiger partial charge on any atom is 0.127 e. The Kier molecular flexibility index (Phi) is 2.25. The van der Waals surface area contributed by atoms with Gasteiger partial charge in [-0.3, -0.25) is 0 Å². The third kappa shape index (κ3) is 1.31. The van der Waals surface area contributed by atoms with Crippen molar-refractivity contribution in [2.45, 2.75) is 39.2 Å². The molecule has 1 heterocycles. The third-order valence-corrected chi connectivity index (χ3v) is 5.54. The summed E-state index contributed by atoms with van der Waals surface area (Å²) in [6, 6.07) is 4.40. The number of allylic oxidation sites excluding steroid dienone is 1. The van der Waals surface area contributed by atoms with Crippen LogP contribution in [0.1, 0.15) is 31.9 Å². The standard InChI is InChI=1S/C15H17BrO/c1-8-6-14-15(4,10(8)3)11-7-12(16)9(2)5-13(11)17-14/h5-7,10,14H,1-4H3. The van der Waals surface area contributed by atoms with Crippen molar-refractivity contribution in [3.8, 4) is 5.75 Å². The molecule has 17 heavy (non-hydrogen) atoms. The van der Waals surface area contributed by atoms with E-state index < -0.39 is 0 Å². The number of benzene rings is 1. The van der Waals surface area contributed by atoms with Gasteiger partial charge in [0, 0.05) is 15.5 Å². The molecule has 0 radical (unpaired) electrons. The van der Waals surface area contributed by atoms with E-state index in [1.165, 1.54) is 21.2 Å². The van der Waals surface area contributed by atoms with Gasteiger partial charge in [-0.25, -0.2) is 0 Å². The lowest BCUT2D eigenvalue weighted by molar-refractivity contribution is 0.191. The summed E-state index contributed by atoms with van der Waals surface area (Å²) in [5.41, 5.74) is 4.14. The summed E-state index contributed by atoms with van der Waals surface area (Å²) in [5, 5.41) is 0. The monoisotopic (exact) mass is 292 g/mol. The average Bonchev–Trinajstić information content (AvgIpc) is 2.64. The quantitative estimate of drug-likeness (QED) is 0.645. The van der Waals surface area contributed by atoms with E-state index >= 15 is 0 Å². The number of hydrogen-bond acceptors (Lipinski definition) is 1. The van der Waals surface area contributed by atoms with Crippen molar-refractivity contribution in [2.24, 2.45) is 5.92 Å². The van der Waals surface area contributed by atoms with Gasteiger partial charge in [-0.1, -0.05) is 35.4 Å². The first-order valence-electron chi connectivity index (χ1n) is 6.10. The molecule has 2 aliphatic rings. The number of fused-ring (bicyclic) bond motifs is 3. The van der Waals surface area contributed by atoms with Crippen LogP contribution in [0.3, 0.4) is 0 Å². The second-order valence-corrected chi connectivity index (χ2v) is 6.41. The Morgan fingerprint density at radius 2 is 2.00 bits per heavy atom.